The van der Waals surface area contributed by atoms with E-state index < -0.39 is 0 Å². The minimum Gasteiger partial charge on any atom is -0.351 e. The second kappa shape index (κ2) is 4.87. The molecule has 2 heterocycles. The molecule has 0 radical (unpaired) electrons. The van der Waals surface area contributed by atoms with Gasteiger partial charge in [0, 0.05) is 31.7 Å². The third-order valence-electron chi connectivity index (χ3n) is 3.09. The average Bonchev–Trinajstić information content (AvgIpc) is 2.78. The number of amides is 1. The van der Waals surface area contributed by atoms with Gasteiger partial charge in [-0.05, 0) is 12.8 Å². The topological polar surface area (TPSA) is 58.4 Å². The highest BCUT2D eigenvalue weighted by molar-refractivity contribution is 5.91. The van der Waals surface area contributed by atoms with Crippen molar-refractivity contribution in [3.05, 3.63) is 17.5 Å². The molecule has 0 unspecified atom stereocenters. The zero-order valence-corrected chi connectivity index (χ0v) is 10.6. The zero-order valence-electron chi connectivity index (χ0n) is 10.6. The van der Waals surface area contributed by atoms with Crippen molar-refractivity contribution in [1.29, 1.82) is 0 Å². The van der Waals surface area contributed by atoms with E-state index in [1.165, 1.54) is 0 Å². The highest BCUT2D eigenvalue weighted by Gasteiger charge is 2.27. The Labute approximate surface area is 101 Å². The number of aromatic nitrogens is 1. The predicted octanol–water partition coefficient (Wildman–Crippen LogP) is 1.23. The maximum Gasteiger partial charge on any atom is 0.292 e. The molecule has 1 aromatic heterocycles. The van der Waals surface area contributed by atoms with Crippen molar-refractivity contribution in [3.8, 4) is 0 Å². The normalized spacial score (nSPS) is 20.9. The summed E-state index contributed by atoms with van der Waals surface area (Å²) in [6.45, 7) is 8.47. The summed E-state index contributed by atoms with van der Waals surface area (Å²) >= 11 is 0. The van der Waals surface area contributed by atoms with Gasteiger partial charge in [-0.2, -0.15) is 0 Å². The largest absolute Gasteiger partial charge is 0.351 e. The van der Waals surface area contributed by atoms with Crippen LogP contribution in [-0.4, -0.2) is 41.6 Å². The summed E-state index contributed by atoms with van der Waals surface area (Å²) in [6, 6.07) is 1.95. The van der Waals surface area contributed by atoms with Gasteiger partial charge in [-0.15, -0.1) is 0 Å². The molecular formula is C12H19N3O2. The smallest absolute Gasteiger partial charge is 0.292 e. The van der Waals surface area contributed by atoms with Gasteiger partial charge in [-0.3, -0.25) is 4.79 Å². The SMILES string of the molecule is CC(C)c1cc(C(=O)N2CCNC[C@@H]2C)on1. The van der Waals surface area contributed by atoms with E-state index in [1.54, 1.807) is 6.07 Å². The molecule has 1 saturated heterocycles. The van der Waals surface area contributed by atoms with Gasteiger partial charge in [0.1, 0.15) is 0 Å². The number of rotatable bonds is 2. The minimum atomic E-state index is -0.0570. The number of carbonyl (C=O) groups is 1. The number of nitrogens with one attached hydrogen (secondary N) is 1. The molecule has 1 aromatic rings. The number of nitrogens with zero attached hydrogens (tertiary/aromatic N) is 2. The Morgan fingerprint density at radius 2 is 2.41 bits per heavy atom. The fourth-order valence-electron chi connectivity index (χ4n) is 1.95. The fraction of sp³-hybridized carbons (Fsp3) is 0.667. The Morgan fingerprint density at radius 1 is 1.65 bits per heavy atom. The number of hydrogen-bond acceptors (Lipinski definition) is 4. The van der Waals surface area contributed by atoms with Gasteiger partial charge in [0.2, 0.25) is 5.76 Å². The molecule has 1 atom stereocenters. The van der Waals surface area contributed by atoms with Crippen molar-refractivity contribution >= 4 is 5.91 Å². The molecule has 0 saturated carbocycles. The Hall–Kier alpha value is -1.36. The van der Waals surface area contributed by atoms with Crippen LogP contribution >= 0.6 is 0 Å². The van der Waals surface area contributed by atoms with E-state index in [-0.39, 0.29) is 17.9 Å². The van der Waals surface area contributed by atoms with E-state index in [0.29, 0.717) is 5.76 Å². The van der Waals surface area contributed by atoms with Gasteiger partial charge in [0.05, 0.1) is 5.69 Å². The summed E-state index contributed by atoms with van der Waals surface area (Å²) in [5.41, 5.74) is 0.830. The van der Waals surface area contributed by atoms with Gasteiger partial charge >= 0.3 is 0 Å². The van der Waals surface area contributed by atoms with Crippen LogP contribution < -0.4 is 5.32 Å². The molecule has 0 aliphatic carbocycles. The first-order valence-electron chi connectivity index (χ1n) is 6.08. The van der Waals surface area contributed by atoms with Crippen LogP contribution in [0.25, 0.3) is 0 Å². The summed E-state index contributed by atoms with van der Waals surface area (Å²) in [5, 5.41) is 7.17. The molecule has 5 nitrogen and oxygen atoms in total. The zero-order chi connectivity index (χ0) is 12.4. The lowest BCUT2D eigenvalue weighted by Crippen LogP contribution is -2.52. The highest BCUT2D eigenvalue weighted by atomic mass is 16.5. The van der Waals surface area contributed by atoms with Crippen LogP contribution in [0.2, 0.25) is 0 Å². The molecule has 0 spiro atoms. The molecule has 1 amide bonds. The quantitative estimate of drug-likeness (QED) is 0.840. The third kappa shape index (κ3) is 2.49. The van der Waals surface area contributed by atoms with Gasteiger partial charge in [0.15, 0.2) is 0 Å². The second-order valence-corrected chi connectivity index (χ2v) is 4.82. The first kappa shape index (κ1) is 12.1. The molecule has 1 aliphatic rings. The van der Waals surface area contributed by atoms with Gasteiger partial charge < -0.3 is 14.7 Å². The lowest BCUT2D eigenvalue weighted by molar-refractivity contribution is 0.0613. The number of carbonyl (C=O) groups excluding carboxylic acids is 1. The summed E-state index contributed by atoms with van der Waals surface area (Å²) in [7, 11) is 0. The van der Waals surface area contributed by atoms with Gasteiger partial charge in [-0.25, -0.2) is 0 Å². The number of piperazine rings is 1. The van der Waals surface area contributed by atoms with Crippen LogP contribution in [0.5, 0.6) is 0 Å². The number of hydrogen-bond donors (Lipinski definition) is 1. The molecule has 0 bridgehead atoms. The Bertz CT molecular complexity index is 400. The predicted molar refractivity (Wildman–Crippen MR) is 64.0 cm³/mol. The van der Waals surface area contributed by atoms with Crippen LogP contribution in [0, 0.1) is 0 Å². The highest BCUT2D eigenvalue weighted by Crippen LogP contribution is 2.16. The van der Waals surface area contributed by atoms with Crippen LogP contribution in [0.3, 0.4) is 0 Å². The van der Waals surface area contributed by atoms with Gasteiger partial charge in [-0.1, -0.05) is 19.0 Å². The van der Waals surface area contributed by atoms with Crippen molar-refractivity contribution in [2.45, 2.75) is 32.7 Å². The Morgan fingerprint density at radius 3 is 3.00 bits per heavy atom. The van der Waals surface area contributed by atoms with Crippen molar-refractivity contribution in [2.24, 2.45) is 0 Å². The van der Waals surface area contributed by atoms with E-state index in [9.17, 15) is 4.79 Å². The lowest BCUT2D eigenvalue weighted by Gasteiger charge is -2.33. The molecule has 17 heavy (non-hydrogen) atoms. The average molecular weight is 237 g/mol. The van der Waals surface area contributed by atoms with Crippen molar-refractivity contribution in [1.82, 2.24) is 15.4 Å². The van der Waals surface area contributed by atoms with E-state index in [2.05, 4.69) is 10.5 Å². The first-order valence-corrected chi connectivity index (χ1v) is 6.08. The summed E-state index contributed by atoms with van der Waals surface area (Å²) in [4.78, 5) is 14.0. The minimum absolute atomic E-state index is 0.0570. The standard InChI is InChI=1S/C12H19N3O2/c1-8(2)10-6-11(17-14-10)12(16)15-5-4-13-7-9(15)3/h6,8-9,13H,4-5,7H2,1-3H3/t9-/m0/s1. The van der Waals surface area contributed by atoms with Crippen LogP contribution in [0.4, 0.5) is 0 Å². The molecule has 2 rings (SSSR count). The van der Waals surface area contributed by atoms with Crippen molar-refractivity contribution in [2.75, 3.05) is 19.6 Å². The summed E-state index contributed by atoms with van der Waals surface area (Å²) < 4.78 is 5.13. The monoisotopic (exact) mass is 237 g/mol. The molecule has 5 heteroatoms. The van der Waals surface area contributed by atoms with Gasteiger partial charge in [0.25, 0.3) is 5.91 Å². The maximum atomic E-state index is 12.2. The maximum absolute atomic E-state index is 12.2. The summed E-state index contributed by atoms with van der Waals surface area (Å²) in [6.07, 6.45) is 0. The Kier molecular flexibility index (Phi) is 3.47. The molecule has 0 aromatic carbocycles. The van der Waals surface area contributed by atoms with Crippen LogP contribution in [-0.2, 0) is 0 Å². The summed E-state index contributed by atoms with van der Waals surface area (Å²) in [5.74, 6) is 0.571. The fourth-order valence-corrected chi connectivity index (χ4v) is 1.95. The van der Waals surface area contributed by atoms with E-state index >= 15 is 0 Å². The van der Waals surface area contributed by atoms with E-state index in [1.807, 2.05) is 25.7 Å². The molecule has 1 aliphatic heterocycles. The Balaban J connectivity index is 2.12. The van der Waals surface area contributed by atoms with Crippen molar-refractivity contribution in [3.63, 3.8) is 0 Å². The third-order valence-corrected chi connectivity index (χ3v) is 3.09. The first-order chi connectivity index (χ1) is 8.09. The van der Waals surface area contributed by atoms with Crippen molar-refractivity contribution < 1.29 is 9.32 Å². The van der Waals surface area contributed by atoms with E-state index in [4.69, 9.17) is 4.52 Å². The molecule has 94 valence electrons. The second-order valence-electron chi connectivity index (χ2n) is 4.82. The van der Waals surface area contributed by atoms with Crippen LogP contribution in [0.1, 0.15) is 42.9 Å². The molecule has 1 fully saturated rings. The molecule has 1 N–H and O–H groups in total. The van der Waals surface area contributed by atoms with Crippen LogP contribution in [0.15, 0.2) is 10.6 Å². The van der Waals surface area contributed by atoms with E-state index in [0.717, 1.165) is 25.3 Å². The lowest BCUT2D eigenvalue weighted by atomic mass is 10.1. The molecular weight excluding hydrogens is 218 g/mol.